The highest BCUT2D eigenvalue weighted by atomic mass is 16.5. The highest BCUT2D eigenvalue weighted by molar-refractivity contribution is 5.94. The van der Waals surface area contributed by atoms with Crippen LogP contribution in [0.25, 0.3) is 11.0 Å². The van der Waals surface area contributed by atoms with E-state index < -0.39 is 0 Å². The van der Waals surface area contributed by atoms with Gasteiger partial charge < -0.3 is 10.1 Å². The zero-order valence-electron chi connectivity index (χ0n) is 14.3. The number of pyridine rings is 1. The van der Waals surface area contributed by atoms with Crippen LogP contribution in [0.15, 0.2) is 42.7 Å². The molecule has 4 rings (SSSR count). The first-order valence-electron chi connectivity index (χ1n) is 8.46. The molecule has 0 unspecified atom stereocenters. The van der Waals surface area contributed by atoms with Gasteiger partial charge in [-0.3, -0.25) is 4.79 Å². The number of ether oxygens (including phenoxy) is 1. The first-order chi connectivity index (χ1) is 12.1. The van der Waals surface area contributed by atoms with Crippen molar-refractivity contribution in [2.45, 2.75) is 26.3 Å². The maximum atomic E-state index is 12.6. The Hall–Kier alpha value is -2.89. The Morgan fingerprint density at radius 3 is 3.00 bits per heavy atom. The molecule has 0 aliphatic carbocycles. The zero-order valence-corrected chi connectivity index (χ0v) is 14.3. The van der Waals surface area contributed by atoms with Crippen LogP contribution in [0.2, 0.25) is 0 Å². The second-order valence-electron chi connectivity index (χ2n) is 6.63. The SMILES string of the molecule is CC(C)n1ncc2cc(NC(=O)[C@H]3COc4ccccc4C3)cnc21. The van der Waals surface area contributed by atoms with E-state index in [0.29, 0.717) is 18.7 Å². The van der Waals surface area contributed by atoms with Crippen LogP contribution >= 0.6 is 0 Å². The molecule has 128 valence electrons. The van der Waals surface area contributed by atoms with Crippen molar-refractivity contribution in [2.75, 3.05) is 11.9 Å². The number of anilines is 1. The van der Waals surface area contributed by atoms with E-state index in [9.17, 15) is 4.79 Å². The van der Waals surface area contributed by atoms with Gasteiger partial charge in [0, 0.05) is 11.4 Å². The monoisotopic (exact) mass is 336 g/mol. The minimum atomic E-state index is -0.205. The van der Waals surface area contributed by atoms with Crippen LogP contribution in [0.1, 0.15) is 25.5 Å². The Bertz CT molecular complexity index is 932. The number of benzene rings is 1. The molecule has 1 aliphatic rings. The summed E-state index contributed by atoms with van der Waals surface area (Å²) in [4.78, 5) is 17.0. The van der Waals surface area contributed by atoms with Gasteiger partial charge in [0.1, 0.15) is 12.4 Å². The number of aromatic nitrogens is 3. The van der Waals surface area contributed by atoms with Crippen LogP contribution < -0.4 is 10.1 Å². The van der Waals surface area contributed by atoms with Gasteiger partial charge in [0.2, 0.25) is 5.91 Å². The molecule has 3 aromatic rings. The van der Waals surface area contributed by atoms with E-state index in [1.54, 1.807) is 12.4 Å². The molecule has 0 bridgehead atoms. The Labute approximate surface area is 145 Å². The van der Waals surface area contributed by atoms with Crippen LogP contribution in [-0.4, -0.2) is 27.3 Å². The third kappa shape index (κ3) is 2.95. The van der Waals surface area contributed by atoms with Crippen molar-refractivity contribution in [2.24, 2.45) is 5.92 Å². The van der Waals surface area contributed by atoms with Crippen molar-refractivity contribution < 1.29 is 9.53 Å². The normalized spacial score (nSPS) is 16.5. The Morgan fingerprint density at radius 1 is 1.32 bits per heavy atom. The Kier molecular flexibility index (Phi) is 3.87. The fourth-order valence-electron chi connectivity index (χ4n) is 3.13. The fraction of sp³-hybridized carbons (Fsp3) is 0.316. The van der Waals surface area contributed by atoms with E-state index >= 15 is 0 Å². The number of rotatable bonds is 3. The molecule has 1 atom stereocenters. The van der Waals surface area contributed by atoms with Gasteiger partial charge in [-0.2, -0.15) is 5.10 Å². The minimum Gasteiger partial charge on any atom is -0.492 e. The molecule has 1 aromatic carbocycles. The van der Waals surface area contributed by atoms with Crippen molar-refractivity contribution in [3.8, 4) is 5.75 Å². The van der Waals surface area contributed by atoms with E-state index in [4.69, 9.17) is 4.74 Å². The van der Waals surface area contributed by atoms with Crippen LogP contribution in [0.3, 0.4) is 0 Å². The second-order valence-corrected chi connectivity index (χ2v) is 6.63. The second kappa shape index (κ2) is 6.20. The topological polar surface area (TPSA) is 69.0 Å². The largest absolute Gasteiger partial charge is 0.492 e. The standard InChI is InChI=1S/C19H20N4O2/c1-12(2)23-18-14(9-21-23)8-16(10-20-18)22-19(24)15-7-13-5-3-4-6-17(13)25-11-15/h3-6,8-10,12,15H,7,11H2,1-2H3,(H,22,24)/t15-/m1/s1. The number of hydrogen-bond donors (Lipinski definition) is 1. The van der Waals surface area contributed by atoms with Crippen LogP contribution in [0.4, 0.5) is 5.69 Å². The molecule has 6 nitrogen and oxygen atoms in total. The predicted octanol–water partition coefficient (Wildman–Crippen LogP) is 3.20. The lowest BCUT2D eigenvalue weighted by molar-refractivity contribution is -0.121. The molecule has 1 amide bonds. The molecule has 1 aliphatic heterocycles. The third-order valence-corrected chi connectivity index (χ3v) is 4.44. The number of nitrogens with one attached hydrogen (secondary N) is 1. The summed E-state index contributed by atoms with van der Waals surface area (Å²) in [6.45, 7) is 4.51. The summed E-state index contributed by atoms with van der Waals surface area (Å²) >= 11 is 0. The van der Waals surface area contributed by atoms with Crippen molar-refractivity contribution in [3.05, 3.63) is 48.3 Å². The van der Waals surface area contributed by atoms with Gasteiger partial charge in [0.25, 0.3) is 0 Å². The van der Waals surface area contributed by atoms with Gasteiger partial charge in [-0.05, 0) is 38.0 Å². The number of nitrogens with zero attached hydrogens (tertiary/aromatic N) is 3. The lowest BCUT2D eigenvalue weighted by Crippen LogP contribution is -2.32. The van der Waals surface area contributed by atoms with Crippen LogP contribution in [0.5, 0.6) is 5.75 Å². The van der Waals surface area contributed by atoms with Gasteiger partial charge >= 0.3 is 0 Å². The molecule has 0 spiro atoms. The van der Waals surface area contributed by atoms with E-state index in [1.165, 1.54) is 0 Å². The number of amides is 1. The number of para-hydroxylation sites is 1. The Balaban J connectivity index is 1.50. The highest BCUT2D eigenvalue weighted by Gasteiger charge is 2.26. The lowest BCUT2D eigenvalue weighted by Gasteiger charge is -2.24. The average molecular weight is 336 g/mol. The summed E-state index contributed by atoms with van der Waals surface area (Å²) in [5.74, 6) is 0.617. The van der Waals surface area contributed by atoms with Crippen molar-refractivity contribution in [3.63, 3.8) is 0 Å². The first-order valence-corrected chi connectivity index (χ1v) is 8.46. The van der Waals surface area contributed by atoms with Crippen molar-refractivity contribution in [1.82, 2.24) is 14.8 Å². The van der Waals surface area contributed by atoms with Crippen LogP contribution in [0, 0.1) is 5.92 Å². The molecular weight excluding hydrogens is 316 g/mol. The summed E-state index contributed by atoms with van der Waals surface area (Å²) in [6.07, 6.45) is 4.14. The number of carbonyl (C=O) groups excluding carboxylic acids is 1. The van der Waals surface area contributed by atoms with E-state index in [2.05, 4.69) is 29.2 Å². The number of hydrogen-bond acceptors (Lipinski definition) is 4. The summed E-state index contributed by atoms with van der Waals surface area (Å²) < 4.78 is 7.57. The molecule has 0 fully saturated rings. The molecule has 6 heteroatoms. The van der Waals surface area contributed by atoms with Gasteiger partial charge in [-0.15, -0.1) is 0 Å². The van der Waals surface area contributed by atoms with Gasteiger partial charge in [-0.1, -0.05) is 18.2 Å². The molecule has 0 saturated heterocycles. The lowest BCUT2D eigenvalue weighted by atomic mass is 9.96. The summed E-state index contributed by atoms with van der Waals surface area (Å²) in [6, 6.07) is 9.99. The maximum absolute atomic E-state index is 12.6. The quantitative estimate of drug-likeness (QED) is 0.797. The van der Waals surface area contributed by atoms with Crippen LogP contribution in [-0.2, 0) is 11.2 Å². The average Bonchev–Trinajstić information content (AvgIpc) is 3.04. The molecule has 3 heterocycles. The molecular formula is C19H20N4O2. The fourth-order valence-corrected chi connectivity index (χ4v) is 3.13. The maximum Gasteiger partial charge on any atom is 0.231 e. The van der Waals surface area contributed by atoms with Gasteiger partial charge in [-0.25, -0.2) is 9.67 Å². The molecule has 0 saturated carbocycles. The summed E-state index contributed by atoms with van der Waals surface area (Å²) in [7, 11) is 0. The van der Waals surface area contributed by atoms with Crippen molar-refractivity contribution in [1.29, 1.82) is 0 Å². The molecule has 2 aromatic heterocycles. The van der Waals surface area contributed by atoms with Crippen molar-refractivity contribution >= 4 is 22.6 Å². The zero-order chi connectivity index (χ0) is 17.4. The molecule has 1 N–H and O–H groups in total. The van der Waals surface area contributed by atoms with E-state index in [-0.39, 0.29) is 17.9 Å². The minimum absolute atomic E-state index is 0.0492. The van der Waals surface area contributed by atoms with E-state index in [1.807, 2.05) is 35.0 Å². The third-order valence-electron chi connectivity index (χ3n) is 4.44. The summed E-state index contributed by atoms with van der Waals surface area (Å²) in [5, 5.41) is 8.22. The highest BCUT2D eigenvalue weighted by Crippen LogP contribution is 2.27. The smallest absolute Gasteiger partial charge is 0.231 e. The first kappa shape index (κ1) is 15.6. The Morgan fingerprint density at radius 2 is 2.16 bits per heavy atom. The number of fused-ring (bicyclic) bond motifs is 2. The van der Waals surface area contributed by atoms with E-state index in [0.717, 1.165) is 22.3 Å². The van der Waals surface area contributed by atoms with Gasteiger partial charge in [0.05, 0.1) is 24.0 Å². The predicted molar refractivity (Wildman–Crippen MR) is 95.7 cm³/mol. The molecule has 25 heavy (non-hydrogen) atoms. The summed E-state index contributed by atoms with van der Waals surface area (Å²) in [5.41, 5.74) is 2.57. The number of carbonyl (C=O) groups is 1. The van der Waals surface area contributed by atoms with Gasteiger partial charge in [0.15, 0.2) is 5.65 Å². The molecule has 0 radical (unpaired) electrons.